The number of halogens is 1. The molecule has 0 aliphatic carbocycles. The number of aromatic nitrogens is 2. The molecule has 6 nitrogen and oxygen atoms in total. The van der Waals surface area contributed by atoms with Crippen LogP contribution in [0, 0.1) is 0 Å². The average Bonchev–Trinajstić information content (AvgIpc) is 3.12. The quantitative estimate of drug-likeness (QED) is 0.620. The fraction of sp³-hybridized carbons (Fsp3) is 0.381. The number of hydrogen-bond donors (Lipinski definition) is 0. The largest absolute Gasteiger partial charge is 0.486 e. The highest BCUT2D eigenvalue weighted by Gasteiger charge is 2.21. The highest BCUT2D eigenvalue weighted by molar-refractivity contribution is 9.10. The van der Waals surface area contributed by atoms with Crippen LogP contribution in [0.3, 0.4) is 0 Å². The first-order valence-corrected chi connectivity index (χ1v) is 10.5. The molecule has 0 spiro atoms. The van der Waals surface area contributed by atoms with E-state index in [0.29, 0.717) is 13.2 Å². The van der Waals surface area contributed by atoms with E-state index < -0.39 is 0 Å². The predicted octanol–water partition coefficient (Wildman–Crippen LogP) is 3.19. The molecule has 3 aromatic rings. The minimum atomic E-state index is 0.618. The van der Waals surface area contributed by atoms with Gasteiger partial charge in [-0.15, -0.1) is 0 Å². The van der Waals surface area contributed by atoms with Crippen LogP contribution in [-0.2, 0) is 13.1 Å². The van der Waals surface area contributed by atoms with Crippen LogP contribution in [0.1, 0.15) is 11.3 Å². The number of pyridine rings is 1. The Hall–Kier alpha value is -2.09. The Morgan fingerprint density at radius 3 is 2.39 bits per heavy atom. The number of nitrogens with zero attached hydrogens (tertiary/aromatic N) is 4. The van der Waals surface area contributed by atoms with Gasteiger partial charge in [0.15, 0.2) is 11.5 Å². The van der Waals surface area contributed by atoms with Crippen LogP contribution in [0.4, 0.5) is 0 Å². The van der Waals surface area contributed by atoms with Crippen molar-refractivity contribution < 1.29 is 9.47 Å². The molecule has 4 heterocycles. The van der Waals surface area contributed by atoms with Crippen LogP contribution < -0.4 is 9.47 Å². The summed E-state index contributed by atoms with van der Waals surface area (Å²) in [7, 11) is 0. The maximum absolute atomic E-state index is 5.74. The zero-order chi connectivity index (χ0) is 18.9. The summed E-state index contributed by atoms with van der Waals surface area (Å²) in [4.78, 5) is 9.70. The summed E-state index contributed by atoms with van der Waals surface area (Å²) in [5.74, 6) is 1.69. The second-order valence-electron chi connectivity index (χ2n) is 7.34. The van der Waals surface area contributed by atoms with E-state index in [2.05, 4.69) is 48.6 Å². The minimum Gasteiger partial charge on any atom is -0.486 e. The van der Waals surface area contributed by atoms with Crippen LogP contribution in [0.2, 0.25) is 0 Å². The molecule has 0 unspecified atom stereocenters. The van der Waals surface area contributed by atoms with Gasteiger partial charge in [-0.25, -0.2) is 4.98 Å². The Balaban J connectivity index is 1.19. The molecule has 0 saturated carbocycles. The van der Waals surface area contributed by atoms with Crippen molar-refractivity contribution in [3.05, 3.63) is 58.5 Å². The number of rotatable bonds is 4. The van der Waals surface area contributed by atoms with Crippen molar-refractivity contribution in [2.75, 3.05) is 39.4 Å². The SMILES string of the molecule is Brc1cc2c(cc1CN1CCN(Cc3cn4ccccc4n3)CC1)OCCO2. The number of benzene rings is 1. The molecule has 1 fully saturated rings. The molecular formula is C21H23BrN4O2. The van der Waals surface area contributed by atoms with Crippen molar-refractivity contribution in [3.63, 3.8) is 0 Å². The molecule has 1 saturated heterocycles. The number of fused-ring (bicyclic) bond motifs is 2. The molecule has 2 aliphatic heterocycles. The summed E-state index contributed by atoms with van der Waals surface area (Å²) in [5, 5.41) is 0. The van der Waals surface area contributed by atoms with Gasteiger partial charge in [0.2, 0.25) is 0 Å². The van der Waals surface area contributed by atoms with Gasteiger partial charge in [-0.2, -0.15) is 0 Å². The maximum atomic E-state index is 5.74. The molecule has 0 bridgehead atoms. The first-order valence-electron chi connectivity index (χ1n) is 9.70. The van der Waals surface area contributed by atoms with Gasteiger partial charge < -0.3 is 13.9 Å². The maximum Gasteiger partial charge on any atom is 0.162 e. The topological polar surface area (TPSA) is 42.2 Å². The Morgan fingerprint density at radius 1 is 0.929 bits per heavy atom. The molecule has 28 heavy (non-hydrogen) atoms. The average molecular weight is 443 g/mol. The molecule has 0 N–H and O–H groups in total. The van der Waals surface area contributed by atoms with E-state index in [9.17, 15) is 0 Å². The van der Waals surface area contributed by atoms with Crippen molar-refractivity contribution >= 4 is 21.6 Å². The van der Waals surface area contributed by atoms with Gasteiger partial charge in [-0.3, -0.25) is 9.80 Å². The van der Waals surface area contributed by atoms with Crippen molar-refractivity contribution in [1.82, 2.24) is 19.2 Å². The molecule has 5 rings (SSSR count). The van der Waals surface area contributed by atoms with Gasteiger partial charge in [0.1, 0.15) is 18.9 Å². The Morgan fingerprint density at radius 2 is 1.64 bits per heavy atom. The van der Waals surface area contributed by atoms with E-state index in [-0.39, 0.29) is 0 Å². The number of piperazine rings is 1. The van der Waals surface area contributed by atoms with E-state index in [0.717, 1.165) is 66.6 Å². The summed E-state index contributed by atoms with van der Waals surface area (Å²) in [6.07, 6.45) is 4.18. The zero-order valence-corrected chi connectivity index (χ0v) is 17.3. The predicted molar refractivity (Wildman–Crippen MR) is 111 cm³/mol. The van der Waals surface area contributed by atoms with Gasteiger partial charge >= 0.3 is 0 Å². The summed E-state index contributed by atoms with van der Waals surface area (Å²) in [6.45, 7) is 7.26. The molecule has 0 atom stereocenters. The molecule has 0 amide bonds. The van der Waals surface area contributed by atoms with Crippen LogP contribution in [-0.4, -0.2) is 58.6 Å². The zero-order valence-electron chi connectivity index (χ0n) is 15.7. The first kappa shape index (κ1) is 18.0. The second-order valence-corrected chi connectivity index (χ2v) is 8.19. The van der Waals surface area contributed by atoms with Crippen LogP contribution >= 0.6 is 15.9 Å². The third-order valence-corrected chi connectivity index (χ3v) is 6.11. The van der Waals surface area contributed by atoms with Gasteiger partial charge in [-0.05, 0) is 29.8 Å². The lowest BCUT2D eigenvalue weighted by Crippen LogP contribution is -2.45. The summed E-state index contributed by atoms with van der Waals surface area (Å²) < 4.78 is 14.6. The van der Waals surface area contributed by atoms with Crippen LogP contribution in [0.5, 0.6) is 11.5 Å². The first-order chi connectivity index (χ1) is 13.7. The lowest BCUT2D eigenvalue weighted by atomic mass is 10.1. The highest BCUT2D eigenvalue weighted by atomic mass is 79.9. The Labute approximate surface area is 172 Å². The molecule has 1 aromatic carbocycles. The standard InChI is InChI=1S/C21H23BrN4O2/c22-18-12-20-19(27-9-10-28-20)11-16(18)13-24-5-7-25(8-6-24)14-17-15-26-4-2-1-3-21(26)23-17/h1-4,11-12,15H,5-10,13-14H2. The molecule has 0 radical (unpaired) electrons. The highest BCUT2D eigenvalue weighted by Crippen LogP contribution is 2.36. The summed E-state index contributed by atoms with van der Waals surface area (Å²) in [5.41, 5.74) is 3.40. The molecule has 7 heteroatoms. The Kier molecular flexibility index (Phi) is 4.96. The van der Waals surface area contributed by atoms with Crippen LogP contribution in [0.15, 0.2) is 47.2 Å². The normalized spacial score (nSPS) is 17.9. The van der Waals surface area contributed by atoms with E-state index in [4.69, 9.17) is 14.5 Å². The van der Waals surface area contributed by atoms with E-state index >= 15 is 0 Å². The minimum absolute atomic E-state index is 0.618. The van der Waals surface area contributed by atoms with Crippen molar-refractivity contribution in [3.8, 4) is 11.5 Å². The summed E-state index contributed by atoms with van der Waals surface area (Å²) >= 11 is 3.69. The van der Waals surface area contributed by atoms with E-state index in [1.165, 1.54) is 5.56 Å². The third-order valence-electron chi connectivity index (χ3n) is 5.37. The molecule has 146 valence electrons. The monoisotopic (exact) mass is 442 g/mol. The lowest BCUT2D eigenvalue weighted by Gasteiger charge is -2.34. The van der Waals surface area contributed by atoms with Gasteiger partial charge in [-0.1, -0.05) is 22.0 Å². The van der Waals surface area contributed by atoms with E-state index in [1.54, 1.807) is 0 Å². The fourth-order valence-corrected chi connectivity index (χ4v) is 4.31. The smallest absolute Gasteiger partial charge is 0.162 e. The summed E-state index contributed by atoms with van der Waals surface area (Å²) in [6, 6.07) is 10.3. The van der Waals surface area contributed by atoms with Crippen molar-refractivity contribution in [2.45, 2.75) is 13.1 Å². The second kappa shape index (κ2) is 7.73. The van der Waals surface area contributed by atoms with E-state index in [1.807, 2.05) is 24.3 Å². The third kappa shape index (κ3) is 3.74. The van der Waals surface area contributed by atoms with Gasteiger partial charge in [0, 0.05) is 56.1 Å². The fourth-order valence-electron chi connectivity index (χ4n) is 3.87. The van der Waals surface area contributed by atoms with Crippen molar-refractivity contribution in [1.29, 1.82) is 0 Å². The van der Waals surface area contributed by atoms with Gasteiger partial charge in [0.25, 0.3) is 0 Å². The number of imidazole rings is 1. The lowest BCUT2D eigenvalue weighted by molar-refractivity contribution is 0.120. The molecular weight excluding hydrogens is 420 g/mol. The molecule has 2 aliphatic rings. The van der Waals surface area contributed by atoms with Crippen molar-refractivity contribution in [2.24, 2.45) is 0 Å². The number of ether oxygens (including phenoxy) is 2. The molecule has 2 aromatic heterocycles. The van der Waals surface area contributed by atoms with Crippen LogP contribution in [0.25, 0.3) is 5.65 Å². The van der Waals surface area contributed by atoms with Gasteiger partial charge in [0.05, 0.1) is 5.69 Å². The Bertz CT molecular complexity index is 949. The number of hydrogen-bond acceptors (Lipinski definition) is 5.